The lowest BCUT2D eigenvalue weighted by atomic mass is 9.69. The van der Waals surface area contributed by atoms with Crippen molar-refractivity contribution >= 4 is 27.8 Å². The number of hydrogen-bond donors (Lipinski definition) is 2. The van der Waals surface area contributed by atoms with E-state index >= 15 is 0 Å². The van der Waals surface area contributed by atoms with Crippen LogP contribution in [0.4, 0.5) is 16.5 Å². The van der Waals surface area contributed by atoms with E-state index < -0.39 is 5.41 Å². The quantitative estimate of drug-likeness (QED) is 0.517. The summed E-state index contributed by atoms with van der Waals surface area (Å²) in [6, 6.07) is 6.62. The van der Waals surface area contributed by atoms with E-state index in [-0.39, 0.29) is 0 Å². The fourth-order valence-electron chi connectivity index (χ4n) is 5.92. The van der Waals surface area contributed by atoms with Crippen LogP contribution in [0.25, 0.3) is 11.5 Å². The van der Waals surface area contributed by atoms with Gasteiger partial charge in [0.25, 0.3) is 0 Å². The van der Waals surface area contributed by atoms with Gasteiger partial charge >= 0.3 is 0 Å². The summed E-state index contributed by atoms with van der Waals surface area (Å²) in [6.07, 6.45) is 1.78. The zero-order valence-corrected chi connectivity index (χ0v) is 23.1. The number of piperazine rings is 2. The summed E-state index contributed by atoms with van der Waals surface area (Å²) in [5, 5.41) is 18.4. The molecule has 0 spiro atoms. The molecule has 11 heteroatoms. The first-order valence-electron chi connectivity index (χ1n) is 13.5. The molecule has 5 heterocycles. The minimum absolute atomic E-state index is 0.346. The van der Waals surface area contributed by atoms with Gasteiger partial charge in [-0.25, -0.2) is 4.98 Å². The normalized spacial score (nSPS) is 24.3. The van der Waals surface area contributed by atoms with Gasteiger partial charge in [-0.2, -0.15) is 10.2 Å². The Morgan fingerprint density at radius 3 is 2.63 bits per heavy atom. The fraction of sp³-hybridized carbons (Fsp3) is 0.556. The van der Waals surface area contributed by atoms with E-state index in [0.717, 1.165) is 87.1 Å². The molecule has 2 atom stereocenters. The van der Waals surface area contributed by atoms with Gasteiger partial charge in [0.2, 0.25) is 11.7 Å². The Hall–Kier alpha value is -3.20. The second-order valence-electron chi connectivity index (χ2n) is 11.0. The SMILES string of the molecule is CC1CCC(C)(c2nc(-c3cc(N4CCNCC4)cc(N4CCN(C)CC4)n3)no2)c2c1sc(N)c2C#N. The van der Waals surface area contributed by atoms with Gasteiger partial charge < -0.3 is 30.3 Å². The molecule has 200 valence electrons. The standard InChI is InChI=1S/C27H35N9OS/c1-17-4-5-27(2,22-19(16-28)24(29)38-23(17)22)26-32-25(33-37-26)20-14-18(35-8-6-30-7-9-35)15-21(31-20)36-12-10-34(3)11-13-36/h14-15,17,30H,4-13,29H2,1-3H3. The van der Waals surface area contributed by atoms with E-state index in [1.165, 1.54) is 11.3 Å². The van der Waals surface area contributed by atoms with Crippen molar-refractivity contribution < 1.29 is 4.52 Å². The molecule has 2 unspecified atom stereocenters. The summed E-state index contributed by atoms with van der Waals surface area (Å²) in [7, 11) is 2.16. The molecule has 38 heavy (non-hydrogen) atoms. The van der Waals surface area contributed by atoms with Gasteiger partial charge in [-0.1, -0.05) is 12.1 Å². The number of thiophene rings is 1. The highest BCUT2D eigenvalue weighted by Crippen LogP contribution is 2.52. The van der Waals surface area contributed by atoms with Crippen LogP contribution in [0, 0.1) is 11.3 Å². The first-order chi connectivity index (χ1) is 18.4. The number of nitrogen functional groups attached to an aromatic ring is 1. The van der Waals surface area contributed by atoms with E-state index in [1.54, 1.807) is 0 Å². The lowest BCUT2D eigenvalue weighted by Crippen LogP contribution is -2.45. The van der Waals surface area contributed by atoms with Crippen LogP contribution in [-0.2, 0) is 5.41 Å². The lowest BCUT2D eigenvalue weighted by Gasteiger charge is -2.35. The van der Waals surface area contributed by atoms with Crippen molar-refractivity contribution in [1.82, 2.24) is 25.3 Å². The molecule has 2 fully saturated rings. The molecule has 0 amide bonds. The number of hydrogen-bond acceptors (Lipinski definition) is 11. The zero-order valence-electron chi connectivity index (χ0n) is 22.3. The van der Waals surface area contributed by atoms with Gasteiger partial charge in [-0.05, 0) is 38.8 Å². The maximum Gasteiger partial charge on any atom is 0.237 e. The Kier molecular flexibility index (Phi) is 6.50. The molecule has 3 aromatic heterocycles. The molecule has 6 rings (SSSR count). The molecule has 0 bridgehead atoms. The van der Waals surface area contributed by atoms with Crippen LogP contribution < -0.4 is 20.9 Å². The van der Waals surface area contributed by atoms with Crippen LogP contribution in [0.3, 0.4) is 0 Å². The topological polar surface area (TPSA) is 123 Å². The number of pyridine rings is 1. The van der Waals surface area contributed by atoms with Gasteiger partial charge in [0.15, 0.2) is 0 Å². The number of anilines is 3. The predicted molar refractivity (Wildman–Crippen MR) is 150 cm³/mol. The average molecular weight is 534 g/mol. The monoisotopic (exact) mass is 533 g/mol. The summed E-state index contributed by atoms with van der Waals surface area (Å²) >= 11 is 1.52. The molecule has 0 saturated carbocycles. The summed E-state index contributed by atoms with van der Waals surface area (Å²) < 4.78 is 5.96. The molecular weight excluding hydrogens is 498 g/mol. The van der Waals surface area contributed by atoms with Gasteiger partial charge in [-0.15, -0.1) is 11.3 Å². The van der Waals surface area contributed by atoms with Gasteiger partial charge in [-0.3, -0.25) is 0 Å². The highest BCUT2D eigenvalue weighted by molar-refractivity contribution is 7.16. The van der Waals surface area contributed by atoms with Gasteiger partial charge in [0.05, 0.1) is 11.0 Å². The Morgan fingerprint density at radius 2 is 1.89 bits per heavy atom. The highest BCUT2D eigenvalue weighted by atomic mass is 32.1. The molecule has 3 N–H and O–H groups in total. The number of nitriles is 1. The lowest BCUT2D eigenvalue weighted by molar-refractivity contribution is 0.294. The molecule has 2 aliphatic heterocycles. The number of aromatic nitrogens is 3. The minimum Gasteiger partial charge on any atom is -0.389 e. The third-order valence-corrected chi connectivity index (χ3v) is 9.63. The number of likely N-dealkylation sites (N-methyl/N-ethyl adjacent to an activating group) is 1. The second kappa shape index (κ2) is 9.84. The molecular formula is C27H35N9OS. The third-order valence-electron chi connectivity index (χ3n) is 8.38. The van der Waals surface area contributed by atoms with Crippen molar-refractivity contribution in [3.8, 4) is 17.6 Å². The number of nitrogens with two attached hydrogens (primary N) is 1. The first kappa shape index (κ1) is 25.1. The molecule has 0 radical (unpaired) electrons. The molecule has 3 aliphatic rings. The smallest absolute Gasteiger partial charge is 0.237 e. The van der Waals surface area contributed by atoms with Crippen molar-refractivity contribution in [3.63, 3.8) is 0 Å². The Morgan fingerprint density at radius 1 is 1.13 bits per heavy atom. The van der Waals surface area contributed by atoms with Crippen molar-refractivity contribution in [2.75, 3.05) is 74.9 Å². The van der Waals surface area contributed by atoms with Crippen LogP contribution in [-0.4, -0.2) is 79.4 Å². The van der Waals surface area contributed by atoms with Crippen LogP contribution >= 0.6 is 11.3 Å². The van der Waals surface area contributed by atoms with Crippen LogP contribution in [0.5, 0.6) is 0 Å². The first-order valence-corrected chi connectivity index (χ1v) is 14.3. The van der Waals surface area contributed by atoms with Crippen LogP contribution in [0.1, 0.15) is 54.5 Å². The summed E-state index contributed by atoms with van der Waals surface area (Å²) in [4.78, 5) is 18.2. The van der Waals surface area contributed by atoms with E-state index in [2.05, 4.69) is 64.3 Å². The maximum absolute atomic E-state index is 9.92. The van der Waals surface area contributed by atoms with Crippen molar-refractivity contribution in [3.05, 3.63) is 34.0 Å². The Labute approximate surface area is 227 Å². The number of nitrogens with zero attached hydrogens (tertiary/aromatic N) is 7. The summed E-state index contributed by atoms with van der Waals surface area (Å²) in [5.41, 5.74) is 9.06. The number of nitrogens with one attached hydrogen (secondary N) is 1. The fourth-order valence-corrected chi connectivity index (χ4v) is 7.15. The molecule has 2 saturated heterocycles. The van der Waals surface area contributed by atoms with Crippen molar-refractivity contribution in [1.29, 1.82) is 5.26 Å². The van der Waals surface area contributed by atoms with Crippen LogP contribution in [0.15, 0.2) is 16.7 Å². The predicted octanol–water partition coefficient (Wildman–Crippen LogP) is 3.01. The molecule has 3 aromatic rings. The molecule has 0 aromatic carbocycles. The van der Waals surface area contributed by atoms with E-state index in [1.807, 2.05) is 0 Å². The summed E-state index contributed by atoms with van der Waals surface area (Å²) in [6.45, 7) is 12.0. The Bertz CT molecular complexity index is 1360. The van der Waals surface area contributed by atoms with Gasteiger partial charge in [0.1, 0.15) is 22.6 Å². The van der Waals surface area contributed by atoms with Crippen molar-refractivity contribution in [2.24, 2.45) is 0 Å². The van der Waals surface area contributed by atoms with Crippen molar-refractivity contribution in [2.45, 2.75) is 38.0 Å². The van der Waals surface area contributed by atoms with Gasteiger partial charge in [0, 0.05) is 74.6 Å². The maximum atomic E-state index is 9.92. The highest BCUT2D eigenvalue weighted by Gasteiger charge is 2.45. The van der Waals surface area contributed by atoms with E-state index in [9.17, 15) is 5.26 Å². The number of fused-ring (bicyclic) bond motifs is 1. The third kappa shape index (κ3) is 4.30. The molecule has 10 nitrogen and oxygen atoms in total. The minimum atomic E-state index is -0.567. The zero-order chi connectivity index (χ0) is 26.4. The molecule has 1 aliphatic carbocycles. The van der Waals surface area contributed by atoms with Crippen LogP contribution in [0.2, 0.25) is 0 Å². The second-order valence-corrected chi connectivity index (χ2v) is 12.1. The number of rotatable bonds is 4. The van der Waals surface area contributed by atoms with E-state index in [0.29, 0.717) is 33.9 Å². The van der Waals surface area contributed by atoms with E-state index in [4.69, 9.17) is 20.2 Å². The average Bonchev–Trinajstić information content (AvgIpc) is 3.58. The summed E-state index contributed by atoms with van der Waals surface area (Å²) in [5.74, 6) is 2.30. The Balaban J connectivity index is 1.40. The largest absolute Gasteiger partial charge is 0.389 e.